The average Bonchev–Trinajstić information content (AvgIpc) is 3.00. The lowest BCUT2D eigenvalue weighted by atomic mass is 10.1. The number of hydrogen-bond donors (Lipinski definition) is 1. The molecule has 4 nitrogen and oxygen atoms in total. The predicted octanol–water partition coefficient (Wildman–Crippen LogP) is 3.33. The van der Waals surface area contributed by atoms with Crippen LogP contribution in [0.15, 0.2) is 12.1 Å². The van der Waals surface area contributed by atoms with Gasteiger partial charge in [-0.05, 0) is 18.9 Å². The monoisotopic (exact) mass is 310 g/mol. The molecule has 6 heteroatoms. The largest absolute Gasteiger partial charge is 0.476 e. The Morgan fingerprint density at radius 2 is 2.25 bits per heavy atom. The van der Waals surface area contributed by atoms with Gasteiger partial charge in [-0.15, -0.1) is 0 Å². The third-order valence-corrected chi connectivity index (χ3v) is 4.46. The van der Waals surface area contributed by atoms with Crippen LogP contribution in [0, 0.1) is 11.3 Å². The number of nitrogens with zero attached hydrogens (tertiary/aromatic N) is 2. The second-order valence-corrected chi connectivity index (χ2v) is 5.55. The maximum Gasteiger partial charge on any atom is 0.174 e. The Hall–Kier alpha value is -1.41. The molecule has 0 fully saturated rings. The molecule has 0 saturated heterocycles. The van der Waals surface area contributed by atoms with Gasteiger partial charge in [0.2, 0.25) is 0 Å². The van der Waals surface area contributed by atoms with Gasteiger partial charge in [0.25, 0.3) is 0 Å². The molecule has 0 amide bonds. The molecule has 1 aromatic heterocycles. The first-order valence-corrected chi connectivity index (χ1v) is 7.05. The summed E-state index contributed by atoms with van der Waals surface area (Å²) in [6, 6.07) is 5.57. The number of benzene rings is 1. The lowest BCUT2D eigenvalue weighted by molar-refractivity contribution is 0.235. The number of hydrogen-bond acceptors (Lipinski definition) is 3. The van der Waals surface area contributed by atoms with Crippen LogP contribution in [-0.4, -0.2) is 22.9 Å². The number of aliphatic hydroxyl groups is 1. The van der Waals surface area contributed by atoms with E-state index in [4.69, 9.17) is 33.2 Å². The van der Waals surface area contributed by atoms with Gasteiger partial charge >= 0.3 is 0 Å². The first kappa shape index (κ1) is 13.6. The fourth-order valence-corrected chi connectivity index (χ4v) is 3.22. The molecule has 0 aliphatic carbocycles. The van der Waals surface area contributed by atoms with Gasteiger partial charge in [0, 0.05) is 17.1 Å². The lowest BCUT2D eigenvalue weighted by Gasteiger charge is -2.15. The highest BCUT2D eigenvalue weighted by Gasteiger charge is 2.27. The Bertz CT molecular complexity index is 718. The first-order chi connectivity index (χ1) is 9.67. The number of fused-ring (bicyclic) bond motifs is 3. The van der Waals surface area contributed by atoms with Crippen molar-refractivity contribution in [2.45, 2.75) is 18.9 Å². The molecule has 0 saturated carbocycles. The minimum atomic E-state index is -0.0582. The van der Waals surface area contributed by atoms with Gasteiger partial charge in [-0.3, -0.25) is 0 Å². The number of nitriles is 1. The number of rotatable bonds is 3. The highest BCUT2D eigenvalue weighted by molar-refractivity contribution is 6.45. The summed E-state index contributed by atoms with van der Waals surface area (Å²) in [6.45, 7) is 0.00603. The molecule has 0 radical (unpaired) electrons. The van der Waals surface area contributed by atoms with E-state index in [1.807, 2.05) is 16.7 Å². The minimum Gasteiger partial charge on any atom is -0.476 e. The van der Waals surface area contributed by atoms with Gasteiger partial charge in [0.1, 0.15) is 11.8 Å². The van der Waals surface area contributed by atoms with E-state index in [1.54, 1.807) is 6.07 Å². The van der Waals surface area contributed by atoms with Gasteiger partial charge in [0.05, 0.1) is 28.2 Å². The van der Waals surface area contributed by atoms with Crippen molar-refractivity contribution in [2.24, 2.45) is 0 Å². The van der Waals surface area contributed by atoms with Crippen molar-refractivity contribution < 1.29 is 9.84 Å². The lowest BCUT2D eigenvalue weighted by Crippen LogP contribution is -2.09. The first-order valence-electron chi connectivity index (χ1n) is 6.29. The Morgan fingerprint density at radius 3 is 2.95 bits per heavy atom. The molecule has 2 heterocycles. The number of halogens is 2. The highest BCUT2D eigenvalue weighted by atomic mass is 35.5. The molecule has 1 N–H and O–H groups in total. The summed E-state index contributed by atoms with van der Waals surface area (Å²) in [5.74, 6) is 0.530. The molecule has 104 valence electrons. The molecule has 1 unspecified atom stereocenters. The van der Waals surface area contributed by atoms with Crippen molar-refractivity contribution >= 4 is 34.1 Å². The van der Waals surface area contributed by atoms with Crippen LogP contribution in [0.2, 0.25) is 10.0 Å². The Balaban J connectivity index is 2.27. The van der Waals surface area contributed by atoms with Crippen LogP contribution in [0.25, 0.3) is 10.9 Å². The van der Waals surface area contributed by atoms with E-state index >= 15 is 0 Å². The molecule has 1 aromatic carbocycles. The second kappa shape index (κ2) is 5.17. The summed E-state index contributed by atoms with van der Waals surface area (Å²) in [6.07, 6.45) is 1.77. The van der Waals surface area contributed by atoms with Crippen molar-refractivity contribution in [1.82, 2.24) is 4.57 Å². The molecule has 0 bridgehead atoms. The average molecular weight is 311 g/mol. The SMILES string of the molecule is N#CCOc1cc(Cl)c(Cl)c2cc3n(c12)C(CO)CC3. The normalized spacial score (nSPS) is 17.2. The molecule has 20 heavy (non-hydrogen) atoms. The van der Waals surface area contributed by atoms with Crippen molar-refractivity contribution in [1.29, 1.82) is 5.26 Å². The molecule has 0 spiro atoms. The van der Waals surface area contributed by atoms with Gasteiger partial charge in [0.15, 0.2) is 6.61 Å². The number of aromatic nitrogens is 1. The van der Waals surface area contributed by atoms with Crippen molar-refractivity contribution in [3.05, 3.63) is 27.9 Å². The third-order valence-electron chi connectivity index (χ3n) is 3.66. The number of aryl methyl sites for hydroxylation is 1. The molecular weight excluding hydrogens is 299 g/mol. The zero-order valence-corrected chi connectivity index (χ0v) is 12.1. The van der Waals surface area contributed by atoms with Crippen LogP contribution in [-0.2, 0) is 6.42 Å². The van der Waals surface area contributed by atoms with Crippen LogP contribution in [0.4, 0.5) is 0 Å². The zero-order chi connectivity index (χ0) is 14.3. The fraction of sp³-hybridized carbons (Fsp3) is 0.357. The molecule has 3 rings (SSSR count). The van der Waals surface area contributed by atoms with Crippen LogP contribution < -0.4 is 4.74 Å². The Labute approximate surface area is 126 Å². The van der Waals surface area contributed by atoms with Gasteiger partial charge in [-0.2, -0.15) is 5.26 Å². The maximum absolute atomic E-state index is 9.51. The summed E-state index contributed by atoms with van der Waals surface area (Å²) in [5.41, 5.74) is 1.91. The quantitative estimate of drug-likeness (QED) is 0.946. The summed E-state index contributed by atoms with van der Waals surface area (Å²) < 4.78 is 7.52. The van der Waals surface area contributed by atoms with Crippen LogP contribution in [0.5, 0.6) is 5.75 Å². The second-order valence-electron chi connectivity index (χ2n) is 4.76. The predicted molar refractivity (Wildman–Crippen MR) is 77.5 cm³/mol. The Kier molecular flexibility index (Phi) is 3.51. The fourth-order valence-electron chi connectivity index (χ4n) is 2.82. The topological polar surface area (TPSA) is 58.2 Å². The summed E-state index contributed by atoms with van der Waals surface area (Å²) in [5, 5.41) is 19.9. The van der Waals surface area contributed by atoms with Gasteiger partial charge in [-0.1, -0.05) is 23.2 Å². The number of aliphatic hydroxyl groups excluding tert-OH is 1. The minimum absolute atomic E-state index is 0.0178. The highest BCUT2D eigenvalue weighted by Crippen LogP contribution is 2.43. The third kappa shape index (κ3) is 1.94. The van der Waals surface area contributed by atoms with Crippen LogP contribution >= 0.6 is 23.2 Å². The van der Waals surface area contributed by atoms with Gasteiger partial charge in [-0.25, -0.2) is 0 Å². The van der Waals surface area contributed by atoms with E-state index in [-0.39, 0.29) is 19.3 Å². The van der Waals surface area contributed by atoms with Crippen molar-refractivity contribution in [3.8, 4) is 11.8 Å². The van der Waals surface area contributed by atoms with E-state index in [2.05, 4.69) is 0 Å². The van der Waals surface area contributed by atoms with E-state index in [9.17, 15) is 5.11 Å². The summed E-state index contributed by atoms with van der Waals surface area (Å²) in [7, 11) is 0. The van der Waals surface area contributed by atoms with Crippen LogP contribution in [0.1, 0.15) is 18.2 Å². The molecule has 2 aromatic rings. The molecular formula is C14H12Cl2N2O2. The van der Waals surface area contributed by atoms with E-state index in [0.717, 1.165) is 29.4 Å². The van der Waals surface area contributed by atoms with Crippen molar-refractivity contribution in [2.75, 3.05) is 13.2 Å². The van der Waals surface area contributed by atoms with Crippen molar-refractivity contribution in [3.63, 3.8) is 0 Å². The van der Waals surface area contributed by atoms with E-state index in [0.29, 0.717) is 15.8 Å². The van der Waals surface area contributed by atoms with E-state index < -0.39 is 0 Å². The summed E-state index contributed by atoms with van der Waals surface area (Å²) >= 11 is 12.4. The molecule has 1 atom stereocenters. The van der Waals surface area contributed by atoms with E-state index in [1.165, 1.54) is 0 Å². The van der Waals surface area contributed by atoms with Crippen LogP contribution in [0.3, 0.4) is 0 Å². The molecule has 1 aliphatic heterocycles. The maximum atomic E-state index is 9.51. The molecule has 1 aliphatic rings. The number of ether oxygens (including phenoxy) is 1. The zero-order valence-electron chi connectivity index (χ0n) is 10.6. The smallest absolute Gasteiger partial charge is 0.174 e. The summed E-state index contributed by atoms with van der Waals surface area (Å²) in [4.78, 5) is 0. The standard InChI is InChI=1S/C14H12Cl2N2O2/c15-11-6-12(20-4-3-17)14-10(13(11)16)5-8-1-2-9(7-19)18(8)14/h5-6,9,19H,1-2,4,7H2. The van der Waals surface area contributed by atoms with Gasteiger partial charge < -0.3 is 14.4 Å². The Morgan fingerprint density at radius 1 is 1.45 bits per heavy atom.